The summed E-state index contributed by atoms with van der Waals surface area (Å²) in [5.74, 6) is 1.12. The fraction of sp³-hybridized carbons (Fsp3) is 0.208. The van der Waals surface area contributed by atoms with Crippen LogP contribution in [0.25, 0.3) is 0 Å². The Labute approximate surface area is 164 Å². The SMILES string of the molecule is Clc1ccc(C2(C3=N[C@@H](c4ccccc4)[C@@H](c4ccccc4)N3)CC2)cc1. The number of amidine groups is 1. The summed E-state index contributed by atoms with van der Waals surface area (Å²) < 4.78 is 0. The van der Waals surface area contributed by atoms with Crippen molar-refractivity contribution >= 4 is 17.4 Å². The Balaban J connectivity index is 1.55. The van der Waals surface area contributed by atoms with Gasteiger partial charge in [0.05, 0.1) is 11.5 Å². The molecule has 1 aliphatic carbocycles. The molecule has 3 aromatic rings. The number of hydrogen-bond acceptors (Lipinski definition) is 2. The average molecular weight is 373 g/mol. The molecule has 2 nitrogen and oxygen atoms in total. The molecule has 2 aliphatic rings. The van der Waals surface area contributed by atoms with Crippen molar-refractivity contribution in [3.05, 3.63) is 107 Å². The number of nitrogens with one attached hydrogen (secondary N) is 1. The summed E-state index contributed by atoms with van der Waals surface area (Å²) in [6.07, 6.45) is 2.26. The lowest BCUT2D eigenvalue weighted by molar-refractivity contribution is 0.570. The van der Waals surface area contributed by atoms with Crippen LogP contribution in [0.2, 0.25) is 5.02 Å². The summed E-state index contributed by atoms with van der Waals surface area (Å²) in [4.78, 5) is 5.22. The third kappa shape index (κ3) is 2.94. The molecule has 1 heterocycles. The summed E-state index contributed by atoms with van der Waals surface area (Å²) in [5, 5.41) is 4.57. The molecule has 3 heteroatoms. The molecule has 0 unspecified atom stereocenters. The van der Waals surface area contributed by atoms with Crippen LogP contribution in [0.15, 0.2) is 89.9 Å². The van der Waals surface area contributed by atoms with Crippen molar-refractivity contribution in [2.24, 2.45) is 4.99 Å². The van der Waals surface area contributed by atoms with Crippen molar-refractivity contribution in [2.75, 3.05) is 0 Å². The van der Waals surface area contributed by atoms with Gasteiger partial charge in [-0.15, -0.1) is 0 Å². The summed E-state index contributed by atoms with van der Waals surface area (Å²) >= 11 is 6.10. The zero-order valence-electron chi connectivity index (χ0n) is 15.0. The highest BCUT2D eigenvalue weighted by atomic mass is 35.5. The van der Waals surface area contributed by atoms with Crippen LogP contribution >= 0.6 is 11.6 Å². The van der Waals surface area contributed by atoms with E-state index in [2.05, 4.69) is 78.1 Å². The predicted octanol–water partition coefficient (Wildman–Crippen LogP) is 5.86. The number of hydrogen-bond donors (Lipinski definition) is 1. The molecule has 1 fully saturated rings. The normalized spacial score (nSPS) is 22.8. The van der Waals surface area contributed by atoms with E-state index in [0.717, 1.165) is 23.7 Å². The van der Waals surface area contributed by atoms with Crippen LogP contribution in [0.1, 0.15) is 41.6 Å². The summed E-state index contributed by atoms with van der Waals surface area (Å²) in [5.41, 5.74) is 3.85. The first-order chi connectivity index (χ1) is 13.3. The van der Waals surface area contributed by atoms with Gasteiger partial charge < -0.3 is 5.32 Å². The highest BCUT2D eigenvalue weighted by Gasteiger charge is 2.52. The van der Waals surface area contributed by atoms with E-state index in [1.165, 1.54) is 16.7 Å². The molecule has 0 aromatic heterocycles. The van der Waals surface area contributed by atoms with Crippen LogP contribution in [-0.4, -0.2) is 5.84 Å². The molecule has 2 atom stereocenters. The van der Waals surface area contributed by atoms with Crippen molar-refractivity contribution in [3.8, 4) is 0 Å². The van der Waals surface area contributed by atoms with Gasteiger partial charge >= 0.3 is 0 Å². The predicted molar refractivity (Wildman–Crippen MR) is 111 cm³/mol. The van der Waals surface area contributed by atoms with Crippen molar-refractivity contribution in [1.29, 1.82) is 0 Å². The molecule has 134 valence electrons. The summed E-state index contributed by atoms with van der Waals surface area (Å²) in [7, 11) is 0. The quantitative estimate of drug-likeness (QED) is 0.609. The topological polar surface area (TPSA) is 24.4 Å². The van der Waals surface area contributed by atoms with Crippen LogP contribution in [0, 0.1) is 0 Å². The maximum atomic E-state index is 6.10. The van der Waals surface area contributed by atoms with Gasteiger partial charge in [0.1, 0.15) is 11.9 Å². The van der Waals surface area contributed by atoms with Gasteiger partial charge in [-0.2, -0.15) is 0 Å². The second-order valence-electron chi connectivity index (χ2n) is 7.45. The van der Waals surface area contributed by atoms with Gasteiger partial charge in [0.2, 0.25) is 0 Å². The van der Waals surface area contributed by atoms with Crippen molar-refractivity contribution in [1.82, 2.24) is 5.32 Å². The molecule has 1 N–H and O–H groups in total. The van der Waals surface area contributed by atoms with Gasteiger partial charge in [-0.25, -0.2) is 0 Å². The monoisotopic (exact) mass is 372 g/mol. The van der Waals surface area contributed by atoms with Crippen LogP contribution in [0.4, 0.5) is 0 Å². The minimum Gasteiger partial charge on any atom is -0.364 e. The van der Waals surface area contributed by atoms with Gasteiger partial charge in [0.25, 0.3) is 0 Å². The lowest BCUT2D eigenvalue weighted by atomic mass is 9.93. The van der Waals surface area contributed by atoms with E-state index in [0.29, 0.717) is 0 Å². The van der Waals surface area contributed by atoms with Gasteiger partial charge in [-0.1, -0.05) is 84.4 Å². The first-order valence-corrected chi connectivity index (χ1v) is 9.85. The lowest BCUT2D eigenvalue weighted by Crippen LogP contribution is -2.33. The first kappa shape index (κ1) is 16.6. The maximum Gasteiger partial charge on any atom is 0.108 e. The fourth-order valence-corrected chi connectivity index (χ4v) is 4.26. The number of rotatable bonds is 4. The molecule has 1 aliphatic heterocycles. The van der Waals surface area contributed by atoms with Crippen LogP contribution < -0.4 is 5.32 Å². The second-order valence-corrected chi connectivity index (χ2v) is 7.89. The standard InChI is InChI=1S/C24H21ClN2/c25-20-13-11-19(12-14-20)24(15-16-24)23-26-21(17-7-3-1-4-8-17)22(27-23)18-9-5-2-6-10-18/h1-14,21-22H,15-16H2,(H,26,27)/t21-,22+. The first-order valence-electron chi connectivity index (χ1n) is 9.47. The molecule has 1 saturated carbocycles. The number of halogens is 1. The van der Waals surface area contributed by atoms with Crippen LogP contribution in [0.3, 0.4) is 0 Å². The molecule has 0 spiro atoms. The molecule has 0 amide bonds. The van der Waals surface area contributed by atoms with E-state index >= 15 is 0 Å². The zero-order chi connectivity index (χ0) is 18.3. The Hall–Kier alpha value is -2.58. The Morgan fingerprint density at radius 2 is 1.37 bits per heavy atom. The summed E-state index contributed by atoms with van der Waals surface area (Å²) in [6.45, 7) is 0. The average Bonchev–Trinajstić information content (AvgIpc) is 3.41. The zero-order valence-corrected chi connectivity index (χ0v) is 15.7. The Bertz CT molecular complexity index is 960. The highest BCUT2D eigenvalue weighted by molar-refractivity contribution is 6.30. The molecular weight excluding hydrogens is 352 g/mol. The minimum atomic E-state index is 0.0150. The minimum absolute atomic E-state index is 0.0150. The van der Waals surface area contributed by atoms with E-state index in [1.807, 2.05) is 12.1 Å². The maximum absolute atomic E-state index is 6.10. The van der Waals surface area contributed by atoms with Crippen molar-refractivity contribution in [3.63, 3.8) is 0 Å². The van der Waals surface area contributed by atoms with Crippen molar-refractivity contribution in [2.45, 2.75) is 30.3 Å². The number of benzene rings is 3. The highest BCUT2D eigenvalue weighted by Crippen LogP contribution is 2.52. The molecule has 0 radical (unpaired) electrons. The van der Waals surface area contributed by atoms with E-state index < -0.39 is 0 Å². The molecule has 27 heavy (non-hydrogen) atoms. The molecular formula is C24H21ClN2. The van der Waals surface area contributed by atoms with Gasteiger partial charge in [-0.05, 0) is 41.7 Å². The third-order valence-electron chi connectivity index (χ3n) is 5.78. The molecule has 5 rings (SSSR count). The van der Waals surface area contributed by atoms with Gasteiger partial charge in [0.15, 0.2) is 0 Å². The smallest absolute Gasteiger partial charge is 0.108 e. The van der Waals surface area contributed by atoms with Gasteiger partial charge in [0, 0.05) is 5.02 Å². The van der Waals surface area contributed by atoms with Crippen molar-refractivity contribution < 1.29 is 0 Å². The van der Waals surface area contributed by atoms with E-state index in [9.17, 15) is 0 Å². The number of nitrogens with zero attached hydrogens (tertiary/aromatic N) is 1. The third-order valence-corrected chi connectivity index (χ3v) is 6.03. The molecule has 3 aromatic carbocycles. The largest absolute Gasteiger partial charge is 0.364 e. The van der Waals surface area contributed by atoms with E-state index in [1.54, 1.807) is 0 Å². The van der Waals surface area contributed by atoms with E-state index in [-0.39, 0.29) is 17.5 Å². The Kier molecular flexibility index (Phi) is 4.02. The van der Waals surface area contributed by atoms with Crippen LogP contribution in [0.5, 0.6) is 0 Å². The molecule has 0 saturated heterocycles. The van der Waals surface area contributed by atoms with Gasteiger partial charge in [-0.3, -0.25) is 4.99 Å². The summed E-state index contributed by atoms with van der Waals surface area (Å²) in [6, 6.07) is 29.8. The molecule has 0 bridgehead atoms. The Morgan fingerprint density at radius 1 is 0.778 bits per heavy atom. The number of aliphatic imine (C=N–C) groups is 1. The lowest BCUT2D eigenvalue weighted by Gasteiger charge is -2.21. The fourth-order valence-electron chi connectivity index (χ4n) is 4.14. The van der Waals surface area contributed by atoms with Crippen LogP contribution in [-0.2, 0) is 5.41 Å². The van der Waals surface area contributed by atoms with E-state index in [4.69, 9.17) is 16.6 Å². The Morgan fingerprint density at radius 3 is 1.96 bits per heavy atom. The second kappa shape index (κ2) is 6.54.